The van der Waals surface area contributed by atoms with Crippen molar-refractivity contribution < 1.29 is 4.79 Å². The molecule has 18 heavy (non-hydrogen) atoms. The van der Waals surface area contributed by atoms with Gasteiger partial charge in [0.05, 0.1) is 6.04 Å². The van der Waals surface area contributed by atoms with Gasteiger partial charge in [0.1, 0.15) is 0 Å². The van der Waals surface area contributed by atoms with Crippen molar-refractivity contribution >= 4 is 5.78 Å². The molecule has 0 saturated heterocycles. The van der Waals surface area contributed by atoms with Crippen LogP contribution in [0, 0.1) is 5.92 Å². The molecule has 2 heteroatoms. The fourth-order valence-electron chi connectivity index (χ4n) is 1.92. The monoisotopic (exact) mass is 247 g/mol. The van der Waals surface area contributed by atoms with E-state index in [4.69, 9.17) is 0 Å². The summed E-state index contributed by atoms with van der Waals surface area (Å²) in [5.74, 6) is 0.794. The minimum absolute atomic E-state index is 0.0326. The highest BCUT2D eigenvalue weighted by atomic mass is 16.1. The number of unbranched alkanes of at least 4 members (excludes halogenated alkanes) is 1. The fraction of sp³-hybridized carbons (Fsp3) is 0.562. The zero-order valence-corrected chi connectivity index (χ0v) is 11.8. The number of ketones is 1. The molecular weight excluding hydrogens is 222 g/mol. The normalized spacial score (nSPS) is 12.7. The summed E-state index contributed by atoms with van der Waals surface area (Å²) < 4.78 is 0. The number of nitrogens with one attached hydrogen (secondary N) is 1. The second-order valence-corrected chi connectivity index (χ2v) is 5.23. The number of carbonyl (C=O) groups is 1. The summed E-state index contributed by atoms with van der Waals surface area (Å²) >= 11 is 0. The first-order valence-electron chi connectivity index (χ1n) is 6.97. The standard InChI is InChI=1S/C16H25NO/c1-4-5-11-15(17-12-13(2)3)16(18)14-9-7-6-8-10-14/h6-10,13,15,17H,4-5,11-12H2,1-3H3. The molecule has 1 rings (SSSR count). The van der Waals surface area contributed by atoms with Gasteiger partial charge in [0.25, 0.3) is 0 Å². The number of hydrogen-bond acceptors (Lipinski definition) is 2. The Bertz CT molecular complexity index is 345. The summed E-state index contributed by atoms with van der Waals surface area (Å²) in [5, 5.41) is 3.40. The van der Waals surface area contributed by atoms with Crippen molar-refractivity contribution in [2.24, 2.45) is 5.92 Å². The Kier molecular flexibility index (Phi) is 6.66. The lowest BCUT2D eigenvalue weighted by atomic mass is 9.99. The Hall–Kier alpha value is -1.15. The number of rotatable bonds is 8. The van der Waals surface area contributed by atoms with E-state index < -0.39 is 0 Å². The van der Waals surface area contributed by atoms with E-state index in [0.29, 0.717) is 5.92 Å². The van der Waals surface area contributed by atoms with Crippen molar-refractivity contribution in [3.63, 3.8) is 0 Å². The molecule has 0 bridgehead atoms. The van der Waals surface area contributed by atoms with Gasteiger partial charge >= 0.3 is 0 Å². The Morgan fingerprint density at radius 3 is 2.44 bits per heavy atom. The molecule has 1 unspecified atom stereocenters. The van der Waals surface area contributed by atoms with E-state index >= 15 is 0 Å². The second kappa shape index (κ2) is 8.04. The summed E-state index contributed by atoms with van der Waals surface area (Å²) in [6.07, 6.45) is 3.15. The van der Waals surface area contributed by atoms with E-state index in [0.717, 1.165) is 31.4 Å². The molecule has 2 nitrogen and oxygen atoms in total. The van der Waals surface area contributed by atoms with E-state index in [9.17, 15) is 4.79 Å². The molecule has 0 spiro atoms. The maximum absolute atomic E-state index is 12.4. The second-order valence-electron chi connectivity index (χ2n) is 5.23. The average Bonchev–Trinajstić information content (AvgIpc) is 2.39. The highest BCUT2D eigenvalue weighted by molar-refractivity contribution is 6.00. The predicted octanol–water partition coefficient (Wildman–Crippen LogP) is 3.67. The van der Waals surface area contributed by atoms with E-state index in [1.165, 1.54) is 0 Å². The average molecular weight is 247 g/mol. The van der Waals surface area contributed by atoms with Crippen LogP contribution in [0.5, 0.6) is 0 Å². The Balaban J connectivity index is 2.66. The van der Waals surface area contributed by atoms with E-state index in [-0.39, 0.29) is 11.8 Å². The number of benzene rings is 1. The van der Waals surface area contributed by atoms with Gasteiger partial charge in [0.15, 0.2) is 5.78 Å². The van der Waals surface area contributed by atoms with Crippen molar-refractivity contribution in [3.8, 4) is 0 Å². The summed E-state index contributed by atoms with van der Waals surface area (Å²) in [6.45, 7) is 7.38. The maximum atomic E-state index is 12.4. The molecule has 0 aromatic heterocycles. The van der Waals surface area contributed by atoms with Gasteiger partial charge in [-0.25, -0.2) is 0 Å². The van der Waals surface area contributed by atoms with Crippen LogP contribution in [0.2, 0.25) is 0 Å². The molecule has 0 heterocycles. The molecular formula is C16H25NO. The minimum Gasteiger partial charge on any atom is -0.307 e. The Morgan fingerprint density at radius 2 is 1.89 bits per heavy atom. The first-order chi connectivity index (χ1) is 8.65. The first-order valence-corrected chi connectivity index (χ1v) is 6.97. The molecule has 1 N–H and O–H groups in total. The summed E-state index contributed by atoms with van der Waals surface area (Å²) in [7, 11) is 0. The third kappa shape index (κ3) is 5.01. The topological polar surface area (TPSA) is 29.1 Å². The summed E-state index contributed by atoms with van der Waals surface area (Å²) in [5.41, 5.74) is 0.815. The van der Waals surface area contributed by atoms with Gasteiger partial charge in [-0.1, -0.05) is 63.9 Å². The van der Waals surface area contributed by atoms with Gasteiger partial charge in [-0.05, 0) is 18.9 Å². The molecule has 0 aliphatic rings. The number of hydrogen-bond donors (Lipinski definition) is 1. The van der Waals surface area contributed by atoms with Gasteiger partial charge in [-0.15, -0.1) is 0 Å². The highest BCUT2D eigenvalue weighted by Crippen LogP contribution is 2.09. The SMILES string of the molecule is CCCCC(NCC(C)C)C(=O)c1ccccc1. The van der Waals surface area contributed by atoms with Crippen molar-refractivity contribution in [2.45, 2.75) is 46.1 Å². The smallest absolute Gasteiger partial charge is 0.179 e. The third-order valence-electron chi connectivity index (χ3n) is 2.99. The minimum atomic E-state index is -0.0326. The molecule has 0 radical (unpaired) electrons. The quantitative estimate of drug-likeness (QED) is 0.710. The highest BCUT2D eigenvalue weighted by Gasteiger charge is 2.18. The third-order valence-corrected chi connectivity index (χ3v) is 2.99. The number of carbonyl (C=O) groups excluding carboxylic acids is 1. The fourth-order valence-corrected chi connectivity index (χ4v) is 1.92. The Labute approximate surface area is 111 Å². The van der Waals surface area contributed by atoms with Crippen LogP contribution < -0.4 is 5.32 Å². The molecule has 0 saturated carbocycles. The molecule has 1 atom stereocenters. The van der Waals surface area contributed by atoms with Gasteiger partial charge in [-0.3, -0.25) is 4.79 Å². The predicted molar refractivity (Wildman–Crippen MR) is 76.9 cm³/mol. The van der Waals surface area contributed by atoms with E-state index in [1.807, 2.05) is 30.3 Å². The van der Waals surface area contributed by atoms with Gasteiger partial charge < -0.3 is 5.32 Å². The van der Waals surface area contributed by atoms with Crippen LogP contribution in [-0.4, -0.2) is 18.4 Å². The van der Waals surface area contributed by atoms with Crippen molar-refractivity contribution in [1.29, 1.82) is 0 Å². The first kappa shape index (κ1) is 14.9. The molecule has 0 fully saturated rings. The van der Waals surface area contributed by atoms with Crippen LogP contribution in [0.3, 0.4) is 0 Å². The van der Waals surface area contributed by atoms with Crippen molar-refractivity contribution in [1.82, 2.24) is 5.32 Å². The number of Topliss-reactive ketones (excluding diaryl/α,β-unsaturated/α-hetero) is 1. The Morgan fingerprint density at radius 1 is 1.22 bits per heavy atom. The van der Waals surface area contributed by atoms with Gasteiger partial charge in [0.2, 0.25) is 0 Å². The molecule has 1 aromatic carbocycles. The van der Waals surface area contributed by atoms with E-state index in [1.54, 1.807) is 0 Å². The zero-order valence-electron chi connectivity index (χ0n) is 11.8. The van der Waals surface area contributed by atoms with E-state index in [2.05, 4.69) is 26.1 Å². The summed E-state index contributed by atoms with van der Waals surface area (Å²) in [4.78, 5) is 12.4. The molecule has 0 amide bonds. The maximum Gasteiger partial charge on any atom is 0.179 e. The molecule has 1 aromatic rings. The van der Waals surface area contributed by atoms with Gasteiger partial charge in [-0.2, -0.15) is 0 Å². The molecule has 0 aliphatic carbocycles. The van der Waals surface area contributed by atoms with Crippen LogP contribution in [0.25, 0.3) is 0 Å². The molecule has 100 valence electrons. The summed E-state index contributed by atoms with van der Waals surface area (Å²) in [6, 6.07) is 9.56. The van der Waals surface area contributed by atoms with Crippen molar-refractivity contribution in [2.75, 3.05) is 6.54 Å². The molecule has 0 aliphatic heterocycles. The lowest BCUT2D eigenvalue weighted by Gasteiger charge is -2.18. The van der Waals surface area contributed by atoms with Gasteiger partial charge in [0, 0.05) is 5.56 Å². The van der Waals surface area contributed by atoms with Crippen LogP contribution in [0.4, 0.5) is 0 Å². The van der Waals surface area contributed by atoms with Crippen LogP contribution in [-0.2, 0) is 0 Å². The lowest BCUT2D eigenvalue weighted by Crippen LogP contribution is -2.38. The largest absolute Gasteiger partial charge is 0.307 e. The van der Waals surface area contributed by atoms with Crippen LogP contribution >= 0.6 is 0 Å². The lowest BCUT2D eigenvalue weighted by molar-refractivity contribution is 0.0935. The van der Waals surface area contributed by atoms with Crippen molar-refractivity contribution in [3.05, 3.63) is 35.9 Å². The zero-order chi connectivity index (χ0) is 13.4. The van der Waals surface area contributed by atoms with Crippen LogP contribution in [0.15, 0.2) is 30.3 Å². The van der Waals surface area contributed by atoms with Crippen LogP contribution in [0.1, 0.15) is 50.4 Å².